The minimum absolute atomic E-state index is 0.000855. The van der Waals surface area contributed by atoms with Crippen molar-refractivity contribution in [1.29, 1.82) is 0 Å². The fourth-order valence-corrected chi connectivity index (χ4v) is 3.22. The maximum atomic E-state index is 12.5. The van der Waals surface area contributed by atoms with E-state index in [4.69, 9.17) is 9.15 Å². The first-order valence-electron chi connectivity index (χ1n) is 7.95. The number of hydrogen-bond acceptors (Lipinski definition) is 4. The van der Waals surface area contributed by atoms with Crippen LogP contribution in [0, 0.1) is 5.92 Å². The van der Waals surface area contributed by atoms with Crippen molar-refractivity contribution in [3.8, 4) is 11.5 Å². The number of nitrogens with one attached hydrogen (secondary N) is 1. The van der Waals surface area contributed by atoms with E-state index in [1.807, 2.05) is 30.3 Å². The van der Waals surface area contributed by atoms with E-state index in [9.17, 15) is 4.79 Å². The molecule has 5 heteroatoms. The van der Waals surface area contributed by atoms with Crippen LogP contribution in [0.2, 0.25) is 0 Å². The van der Waals surface area contributed by atoms with Gasteiger partial charge in [0.25, 0.3) is 0 Å². The lowest BCUT2D eigenvalue weighted by molar-refractivity contribution is 0.0227. The summed E-state index contributed by atoms with van der Waals surface area (Å²) in [5.41, 5.74) is 1.76. The maximum Gasteiger partial charge on any atom is 0.342 e. The Morgan fingerprint density at radius 3 is 3.00 bits per heavy atom. The van der Waals surface area contributed by atoms with E-state index in [1.165, 1.54) is 6.20 Å². The van der Waals surface area contributed by atoms with Crippen LogP contribution in [0.1, 0.15) is 36.5 Å². The van der Waals surface area contributed by atoms with Gasteiger partial charge in [0.15, 0.2) is 5.76 Å². The summed E-state index contributed by atoms with van der Waals surface area (Å²) in [6.45, 7) is 2.13. The van der Waals surface area contributed by atoms with Crippen LogP contribution in [0.25, 0.3) is 22.4 Å². The molecular weight excluding hydrogens is 292 g/mol. The molecule has 2 atom stereocenters. The molecule has 1 N–H and O–H groups in total. The highest BCUT2D eigenvalue weighted by Gasteiger charge is 2.29. The molecule has 5 nitrogen and oxygen atoms in total. The van der Waals surface area contributed by atoms with Gasteiger partial charge in [-0.2, -0.15) is 5.10 Å². The molecule has 2 unspecified atom stereocenters. The molecule has 4 rings (SSSR count). The van der Waals surface area contributed by atoms with E-state index in [0.717, 1.165) is 30.2 Å². The first-order valence-corrected chi connectivity index (χ1v) is 7.95. The lowest BCUT2D eigenvalue weighted by Gasteiger charge is -2.16. The molecule has 1 saturated carbocycles. The number of esters is 1. The third-order valence-corrected chi connectivity index (χ3v) is 4.57. The Labute approximate surface area is 133 Å². The van der Waals surface area contributed by atoms with E-state index in [2.05, 4.69) is 17.1 Å². The third-order valence-electron chi connectivity index (χ3n) is 4.57. The Morgan fingerprint density at radius 2 is 2.22 bits per heavy atom. The molecular formula is C18H18N2O3. The summed E-state index contributed by atoms with van der Waals surface area (Å²) in [6, 6.07) is 9.63. The van der Waals surface area contributed by atoms with Gasteiger partial charge in [-0.25, -0.2) is 4.79 Å². The zero-order valence-corrected chi connectivity index (χ0v) is 12.9. The number of aromatic nitrogens is 2. The number of H-pyrrole nitrogens is 1. The van der Waals surface area contributed by atoms with Gasteiger partial charge < -0.3 is 9.15 Å². The number of nitrogens with zero attached hydrogens (tertiary/aromatic N) is 1. The van der Waals surface area contributed by atoms with Gasteiger partial charge in [0.1, 0.15) is 22.9 Å². The van der Waals surface area contributed by atoms with Gasteiger partial charge in [-0.15, -0.1) is 0 Å². The lowest BCUT2D eigenvalue weighted by Crippen LogP contribution is -2.20. The summed E-state index contributed by atoms with van der Waals surface area (Å²) in [7, 11) is 0. The van der Waals surface area contributed by atoms with Crippen LogP contribution in [0.3, 0.4) is 0 Å². The van der Waals surface area contributed by atoms with Crippen molar-refractivity contribution in [1.82, 2.24) is 10.2 Å². The van der Waals surface area contributed by atoms with E-state index in [-0.39, 0.29) is 12.1 Å². The predicted octanol–water partition coefficient (Wildman–Crippen LogP) is 4.17. The van der Waals surface area contributed by atoms with Gasteiger partial charge in [-0.05, 0) is 37.3 Å². The van der Waals surface area contributed by atoms with Gasteiger partial charge in [0, 0.05) is 5.39 Å². The average molecular weight is 310 g/mol. The summed E-state index contributed by atoms with van der Waals surface area (Å²) in [6.07, 6.45) is 4.66. The van der Waals surface area contributed by atoms with Crippen LogP contribution in [0.5, 0.6) is 0 Å². The lowest BCUT2D eigenvalue weighted by atomic mass is 10.1. The molecule has 2 heterocycles. The minimum atomic E-state index is -0.340. The minimum Gasteiger partial charge on any atom is -0.458 e. The zero-order valence-electron chi connectivity index (χ0n) is 12.9. The topological polar surface area (TPSA) is 68.1 Å². The first-order chi connectivity index (χ1) is 11.2. The molecule has 1 fully saturated rings. The van der Waals surface area contributed by atoms with Gasteiger partial charge in [0.2, 0.25) is 0 Å². The second-order valence-corrected chi connectivity index (χ2v) is 6.16. The number of benzene rings is 1. The van der Waals surface area contributed by atoms with Crippen molar-refractivity contribution in [2.45, 2.75) is 32.3 Å². The molecule has 3 aromatic rings. The van der Waals surface area contributed by atoms with E-state index < -0.39 is 0 Å². The molecule has 1 aliphatic carbocycles. The second kappa shape index (κ2) is 5.57. The molecule has 0 saturated heterocycles. The smallest absolute Gasteiger partial charge is 0.342 e. The highest BCUT2D eigenvalue weighted by Crippen LogP contribution is 2.31. The number of carbonyl (C=O) groups is 1. The van der Waals surface area contributed by atoms with Crippen molar-refractivity contribution in [2.75, 3.05) is 0 Å². The fourth-order valence-electron chi connectivity index (χ4n) is 3.22. The SMILES string of the molecule is CC1CCCC1OC(=O)c1cn[nH]c1-c1cc2ccccc2o1. The fraction of sp³-hybridized carbons (Fsp3) is 0.333. The summed E-state index contributed by atoms with van der Waals surface area (Å²) in [5, 5.41) is 7.84. The number of para-hydroxylation sites is 1. The van der Waals surface area contributed by atoms with Crippen LogP contribution in [0.4, 0.5) is 0 Å². The number of rotatable bonds is 3. The molecule has 0 aliphatic heterocycles. The molecule has 0 amide bonds. The Kier molecular flexibility index (Phi) is 3.41. The molecule has 1 aromatic carbocycles. The van der Waals surface area contributed by atoms with Crippen molar-refractivity contribution in [2.24, 2.45) is 5.92 Å². The number of ether oxygens (including phenoxy) is 1. The summed E-state index contributed by atoms with van der Waals surface area (Å²) in [4.78, 5) is 12.5. The summed E-state index contributed by atoms with van der Waals surface area (Å²) in [5.74, 6) is 0.670. The highest BCUT2D eigenvalue weighted by molar-refractivity contribution is 5.96. The summed E-state index contributed by atoms with van der Waals surface area (Å²) >= 11 is 0. The Balaban J connectivity index is 1.63. The molecule has 0 bridgehead atoms. The highest BCUT2D eigenvalue weighted by atomic mass is 16.5. The van der Waals surface area contributed by atoms with Gasteiger partial charge in [-0.1, -0.05) is 25.1 Å². The predicted molar refractivity (Wildman–Crippen MR) is 86.0 cm³/mol. The standard InChI is InChI=1S/C18H18N2O3/c1-11-5-4-8-14(11)23-18(21)13-10-19-20-17(13)16-9-12-6-2-3-7-15(12)22-16/h2-3,6-7,9-11,14H,4-5,8H2,1H3,(H,19,20). The molecule has 23 heavy (non-hydrogen) atoms. The quantitative estimate of drug-likeness (QED) is 0.737. The first kappa shape index (κ1) is 14.1. The van der Waals surface area contributed by atoms with E-state index in [0.29, 0.717) is 22.9 Å². The molecule has 0 radical (unpaired) electrons. The number of fused-ring (bicyclic) bond motifs is 1. The van der Waals surface area contributed by atoms with E-state index in [1.54, 1.807) is 0 Å². The Morgan fingerprint density at radius 1 is 1.35 bits per heavy atom. The van der Waals surface area contributed by atoms with Gasteiger partial charge in [0.05, 0.1) is 6.20 Å². The van der Waals surface area contributed by atoms with Crippen LogP contribution in [0.15, 0.2) is 40.9 Å². The van der Waals surface area contributed by atoms with Crippen LogP contribution in [-0.2, 0) is 4.74 Å². The van der Waals surface area contributed by atoms with Crippen molar-refractivity contribution < 1.29 is 13.9 Å². The normalized spacial score (nSPS) is 20.9. The van der Waals surface area contributed by atoms with Crippen LogP contribution < -0.4 is 0 Å². The monoisotopic (exact) mass is 310 g/mol. The number of carbonyl (C=O) groups excluding carboxylic acids is 1. The number of furan rings is 1. The summed E-state index contributed by atoms with van der Waals surface area (Å²) < 4.78 is 11.5. The van der Waals surface area contributed by atoms with Crippen molar-refractivity contribution in [3.05, 3.63) is 42.1 Å². The maximum absolute atomic E-state index is 12.5. The number of aromatic amines is 1. The second-order valence-electron chi connectivity index (χ2n) is 6.16. The van der Waals surface area contributed by atoms with Gasteiger partial charge >= 0.3 is 5.97 Å². The van der Waals surface area contributed by atoms with Crippen LogP contribution in [-0.4, -0.2) is 22.3 Å². The molecule has 1 aliphatic rings. The van der Waals surface area contributed by atoms with Crippen molar-refractivity contribution >= 4 is 16.9 Å². The average Bonchev–Trinajstić information content (AvgIpc) is 3.26. The Hall–Kier alpha value is -2.56. The van der Waals surface area contributed by atoms with Gasteiger partial charge in [-0.3, -0.25) is 5.10 Å². The number of hydrogen-bond donors (Lipinski definition) is 1. The molecule has 118 valence electrons. The van der Waals surface area contributed by atoms with E-state index >= 15 is 0 Å². The van der Waals surface area contributed by atoms with Crippen LogP contribution >= 0.6 is 0 Å². The Bertz CT molecular complexity index is 816. The third kappa shape index (κ3) is 2.52. The largest absolute Gasteiger partial charge is 0.458 e. The molecule has 2 aromatic heterocycles. The van der Waals surface area contributed by atoms with Crippen molar-refractivity contribution in [3.63, 3.8) is 0 Å². The zero-order chi connectivity index (χ0) is 15.8. The molecule has 0 spiro atoms.